The highest BCUT2D eigenvalue weighted by molar-refractivity contribution is 6.07. The van der Waals surface area contributed by atoms with E-state index in [0.29, 0.717) is 43.2 Å². The summed E-state index contributed by atoms with van der Waals surface area (Å²) in [6, 6.07) is 13.2. The second-order valence-corrected chi connectivity index (χ2v) is 7.02. The Morgan fingerprint density at radius 2 is 1.86 bits per heavy atom. The zero-order chi connectivity index (χ0) is 19.7. The molecule has 3 heterocycles. The fourth-order valence-corrected chi connectivity index (χ4v) is 3.55. The standard InChI is InChI=1S/C21H22N4O3/c1-14-6-7-19(28-14)18-12-16(15-4-2-3-5-17(15)23-18)21(27)25-10-8-24(9-11-25)13-20(22)26/h2-7,12H,8-11,13H2,1H3,(H2,22,26). The van der Waals surface area contributed by atoms with E-state index in [-0.39, 0.29) is 18.4 Å². The topological polar surface area (TPSA) is 92.7 Å². The van der Waals surface area contributed by atoms with E-state index in [4.69, 9.17) is 10.2 Å². The van der Waals surface area contributed by atoms with Crippen molar-refractivity contribution in [2.24, 2.45) is 5.73 Å². The number of nitrogens with two attached hydrogens (primary N) is 1. The van der Waals surface area contributed by atoms with E-state index in [2.05, 4.69) is 4.98 Å². The molecular formula is C21H22N4O3. The minimum atomic E-state index is -0.349. The molecule has 28 heavy (non-hydrogen) atoms. The van der Waals surface area contributed by atoms with Crippen LogP contribution in [-0.2, 0) is 4.79 Å². The van der Waals surface area contributed by atoms with E-state index in [1.165, 1.54) is 0 Å². The first-order valence-electron chi connectivity index (χ1n) is 9.28. The third-order valence-corrected chi connectivity index (χ3v) is 4.98. The summed E-state index contributed by atoms with van der Waals surface area (Å²) in [6.07, 6.45) is 0. The summed E-state index contributed by atoms with van der Waals surface area (Å²) in [5.74, 6) is 1.05. The van der Waals surface area contributed by atoms with Gasteiger partial charge in [0, 0.05) is 31.6 Å². The van der Waals surface area contributed by atoms with Crippen LogP contribution < -0.4 is 5.73 Å². The minimum absolute atomic E-state index is 0.0400. The molecule has 0 aliphatic carbocycles. The average Bonchev–Trinajstić information content (AvgIpc) is 3.13. The molecule has 0 atom stereocenters. The third kappa shape index (κ3) is 3.61. The van der Waals surface area contributed by atoms with Crippen LogP contribution in [0.25, 0.3) is 22.4 Å². The highest BCUT2D eigenvalue weighted by atomic mass is 16.3. The Bertz CT molecular complexity index is 1040. The molecule has 7 heteroatoms. The van der Waals surface area contributed by atoms with Gasteiger partial charge in [0.2, 0.25) is 5.91 Å². The Labute approximate surface area is 162 Å². The average molecular weight is 378 g/mol. The summed E-state index contributed by atoms with van der Waals surface area (Å²) < 4.78 is 5.71. The molecule has 2 amide bonds. The fourth-order valence-electron chi connectivity index (χ4n) is 3.55. The number of piperazine rings is 1. The Hall–Kier alpha value is -3.19. The lowest BCUT2D eigenvalue weighted by Crippen LogP contribution is -2.50. The van der Waals surface area contributed by atoms with Gasteiger partial charge in [0.25, 0.3) is 5.91 Å². The highest BCUT2D eigenvalue weighted by Gasteiger charge is 2.25. The number of nitrogens with zero attached hydrogens (tertiary/aromatic N) is 3. The fraction of sp³-hybridized carbons (Fsp3) is 0.286. The number of hydrogen-bond donors (Lipinski definition) is 1. The second-order valence-electron chi connectivity index (χ2n) is 7.02. The molecule has 0 bridgehead atoms. The summed E-state index contributed by atoms with van der Waals surface area (Å²) >= 11 is 0. The van der Waals surface area contributed by atoms with Gasteiger partial charge in [0.1, 0.15) is 11.5 Å². The highest BCUT2D eigenvalue weighted by Crippen LogP contribution is 2.27. The smallest absolute Gasteiger partial charge is 0.254 e. The number of pyridine rings is 1. The van der Waals surface area contributed by atoms with Gasteiger partial charge in [-0.1, -0.05) is 18.2 Å². The lowest BCUT2D eigenvalue weighted by Gasteiger charge is -2.34. The van der Waals surface area contributed by atoms with Gasteiger partial charge in [0.15, 0.2) is 5.76 Å². The van der Waals surface area contributed by atoms with Crippen molar-refractivity contribution in [2.75, 3.05) is 32.7 Å². The number of amides is 2. The van der Waals surface area contributed by atoms with Crippen molar-refractivity contribution in [1.29, 1.82) is 0 Å². The maximum absolute atomic E-state index is 13.3. The van der Waals surface area contributed by atoms with E-state index in [1.807, 2.05) is 53.1 Å². The maximum Gasteiger partial charge on any atom is 0.254 e. The van der Waals surface area contributed by atoms with Crippen LogP contribution in [0.2, 0.25) is 0 Å². The second kappa shape index (κ2) is 7.44. The van der Waals surface area contributed by atoms with Gasteiger partial charge in [-0.3, -0.25) is 14.5 Å². The molecule has 0 saturated carbocycles. The number of furan rings is 1. The number of carbonyl (C=O) groups excluding carboxylic acids is 2. The molecule has 1 aromatic carbocycles. The largest absolute Gasteiger partial charge is 0.460 e. The number of para-hydroxylation sites is 1. The van der Waals surface area contributed by atoms with Crippen molar-refractivity contribution in [1.82, 2.24) is 14.8 Å². The summed E-state index contributed by atoms with van der Waals surface area (Å²) in [6.45, 7) is 4.46. The van der Waals surface area contributed by atoms with Crippen LogP contribution in [0.5, 0.6) is 0 Å². The number of primary amides is 1. The molecule has 4 rings (SSSR count). The van der Waals surface area contributed by atoms with Gasteiger partial charge in [-0.05, 0) is 31.2 Å². The van der Waals surface area contributed by atoms with Crippen LogP contribution in [-0.4, -0.2) is 59.3 Å². The lowest BCUT2D eigenvalue weighted by molar-refractivity contribution is -0.119. The predicted molar refractivity (Wildman–Crippen MR) is 106 cm³/mol. The van der Waals surface area contributed by atoms with Gasteiger partial charge in [-0.2, -0.15) is 0 Å². The molecule has 7 nitrogen and oxygen atoms in total. The molecule has 3 aromatic rings. The third-order valence-electron chi connectivity index (χ3n) is 4.98. The van der Waals surface area contributed by atoms with Gasteiger partial charge < -0.3 is 15.1 Å². The maximum atomic E-state index is 13.3. The van der Waals surface area contributed by atoms with Crippen LogP contribution in [0.1, 0.15) is 16.1 Å². The summed E-state index contributed by atoms with van der Waals surface area (Å²) in [5, 5.41) is 0.819. The SMILES string of the molecule is Cc1ccc(-c2cc(C(=O)N3CCN(CC(N)=O)CC3)c3ccccc3n2)o1. The molecule has 144 valence electrons. The molecule has 0 spiro atoms. The molecule has 1 aliphatic rings. The lowest BCUT2D eigenvalue weighted by atomic mass is 10.0. The molecular weight excluding hydrogens is 356 g/mol. The summed E-state index contributed by atoms with van der Waals surface area (Å²) in [4.78, 5) is 32.8. The van der Waals surface area contributed by atoms with Gasteiger partial charge in [-0.15, -0.1) is 0 Å². The number of aryl methyl sites for hydroxylation is 1. The Morgan fingerprint density at radius 3 is 2.54 bits per heavy atom. The Balaban J connectivity index is 1.66. The van der Waals surface area contributed by atoms with Crippen LogP contribution in [0.3, 0.4) is 0 Å². The zero-order valence-electron chi connectivity index (χ0n) is 15.7. The van der Waals surface area contributed by atoms with Crippen molar-refractivity contribution in [3.8, 4) is 11.5 Å². The van der Waals surface area contributed by atoms with Crippen LogP contribution in [0, 0.1) is 6.92 Å². The van der Waals surface area contributed by atoms with E-state index in [0.717, 1.165) is 16.7 Å². The molecule has 1 saturated heterocycles. The van der Waals surface area contributed by atoms with Crippen LogP contribution >= 0.6 is 0 Å². The molecule has 2 aromatic heterocycles. The summed E-state index contributed by atoms with van der Waals surface area (Å²) in [5.41, 5.74) is 7.27. The van der Waals surface area contributed by atoms with Gasteiger partial charge >= 0.3 is 0 Å². The normalized spacial score (nSPS) is 15.1. The van der Waals surface area contributed by atoms with Crippen molar-refractivity contribution in [2.45, 2.75) is 6.92 Å². The number of rotatable bonds is 4. The molecule has 0 unspecified atom stereocenters. The zero-order valence-corrected chi connectivity index (χ0v) is 15.7. The molecule has 1 fully saturated rings. The van der Waals surface area contributed by atoms with E-state index >= 15 is 0 Å². The van der Waals surface area contributed by atoms with Crippen molar-refractivity contribution < 1.29 is 14.0 Å². The first-order valence-corrected chi connectivity index (χ1v) is 9.28. The number of fused-ring (bicyclic) bond motifs is 1. The summed E-state index contributed by atoms with van der Waals surface area (Å²) in [7, 11) is 0. The molecule has 1 aliphatic heterocycles. The first-order chi connectivity index (χ1) is 13.5. The Morgan fingerprint density at radius 1 is 1.11 bits per heavy atom. The van der Waals surface area contributed by atoms with E-state index < -0.39 is 0 Å². The number of aromatic nitrogens is 1. The minimum Gasteiger partial charge on any atom is -0.460 e. The van der Waals surface area contributed by atoms with E-state index in [9.17, 15) is 9.59 Å². The molecule has 0 radical (unpaired) electrons. The monoisotopic (exact) mass is 378 g/mol. The van der Waals surface area contributed by atoms with Gasteiger partial charge in [-0.25, -0.2) is 4.98 Å². The number of hydrogen-bond acceptors (Lipinski definition) is 5. The number of benzene rings is 1. The van der Waals surface area contributed by atoms with Crippen LogP contribution in [0.4, 0.5) is 0 Å². The van der Waals surface area contributed by atoms with Gasteiger partial charge in [0.05, 0.1) is 17.6 Å². The first kappa shape index (κ1) is 18.2. The predicted octanol–water partition coefficient (Wildman–Crippen LogP) is 2.05. The van der Waals surface area contributed by atoms with Crippen LogP contribution in [0.15, 0.2) is 46.9 Å². The van der Waals surface area contributed by atoms with E-state index in [1.54, 1.807) is 6.07 Å². The molecule has 2 N–H and O–H groups in total. The number of carbonyl (C=O) groups is 2. The Kier molecular flexibility index (Phi) is 4.83. The van der Waals surface area contributed by atoms with Crippen molar-refractivity contribution in [3.05, 3.63) is 53.8 Å². The van der Waals surface area contributed by atoms with Crippen molar-refractivity contribution >= 4 is 22.7 Å². The quantitative estimate of drug-likeness (QED) is 0.750. The van der Waals surface area contributed by atoms with Crippen molar-refractivity contribution in [3.63, 3.8) is 0 Å².